The lowest BCUT2D eigenvalue weighted by atomic mass is 9.84. The normalized spacial score (nSPS) is 21.3. The summed E-state index contributed by atoms with van der Waals surface area (Å²) in [5.41, 5.74) is 0. The van der Waals surface area contributed by atoms with Crippen LogP contribution in [0.2, 0.25) is 0 Å². The molecule has 0 aromatic heterocycles. The average Bonchev–Trinajstić information content (AvgIpc) is 2.99. The molecule has 0 N–H and O–H groups in total. The molecule has 1 aliphatic heterocycles. The van der Waals surface area contributed by atoms with Crippen molar-refractivity contribution in [2.45, 2.75) is 70.6 Å². The van der Waals surface area contributed by atoms with Gasteiger partial charge in [0.25, 0.3) is 0 Å². The Labute approximate surface area is 138 Å². The molecule has 0 amide bonds. The van der Waals surface area contributed by atoms with Gasteiger partial charge in [0.05, 0.1) is 5.75 Å². The number of ketones is 1. The van der Waals surface area contributed by atoms with Gasteiger partial charge in [-0.3, -0.25) is 4.79 Å². The Morgan fingerprint density at radius 1 is 0.955 bits per heavy atom. The Hall–Kier alpha value is -0.0700. The van der Waals surface area contributed by atoms with Gasteiger partial charge >= 0.3 is 10.1 Å². The van der Waals surface area contributed by atoms with Crippen LogP contribution in [0.15, 0.2) is 0 Å². The monoisotopic (exact) mass is 349 g/mol. The van der Waals surface area contributed by atoms with Crippen molar-refractivity contribution in [2.24, 2.45) is 5.92 Å². The predicted molar refractivity (Wildman–Crippen MR) is 91.3 cm³/mol. The van der Waals surface area contributed by atoms with Gasteiger partial charge in [-0.2, -0.15) is 8.42 Å². The summed E-state index contributed by atoms with van der Waals surface area (Å²) < 4.78 is 29.0. The summed E-state index contributed by atoms with van der Waals surface area (Å²) in [4.78, 5) is 12.0. The van der Waals surface area contributed by atoms with E-state index in [0.29, 0.717) is 18.6 Å². The number of Topliss-reactive ketones (excluding diaryl/α,β-unsaturated/α-hetero) is 1. The second-order valence-electron chi connectivity index (χ2n) is 6.50. The Bertz CT molecular complexity index is 435. The standard InChI is InChI=1S/C16H29O4S2/c17-16(15-9-3-1-4-10-15)11-5-2-8-14-22(18,19)20-21-12-6-7-13-21/h15H,1-14H2/q+1. The molecule has 2 rings (SSSR count). The summed E-state index contributed by atoms with van der Waals surface area (Å²) in [5, 5.41) is 0. The maximum Gasteiger partial charge on any atom is 0.311 e. The quantitative estimate of drug-likeness (QED) is 0.473. The zero-order chi connectivity index (χ0) is 15.8. The van der Waals surface area contributed by atoms with Gasteiger partial charge in [-0.25, -0.2) is 0 Å². The number of unbranched alkanes of at least 4 members (excludes halogenated alkanes) is 2. The lowest BCUT2D eigenvalue weighted by Gasteiger charge is -2.20. The molecular formula is C16H29O4S2+. The molecule has 22 heavy (non-hydrogen) atoms. The number of carbonyl (C=O) groups is 1. The molecule has 6 heteroatoms. The summed E-state index contributed by atoms with van der Waals surface area (Å²) in [6.07, 6.45) is 10.8. The van der Waals surface area contributed by atoms with Gasteiger partial charge < -0.3 is 0 Å². The Morgan fingerprint density at radius 2 is 1.64 bits per heavy atom. The van der Waals surface area contributed by atoms with Crippen molar-refractivity contribution in [2.75, 3.05) is 17.3 Å². The Kier molecular flexibility index (Phi) is 7.71. The van der Waals surface area contributed by atoms with Crippen molar-refractivity contribution in [3.63, 3.8) is 0 Å². The van der Waals surface area contributed by atoms with E-state index in [4.69, 9.17) is 3.63 Å². The van der Waals surface area contributed by atoms with E-state index < -0.39 is 10.1 Å². The zero-order valence-corrected chi connectivity index (χ0v) is 15.1. The van der Waals surface area contributed by atoms with E-state index in [-0.39, 0.29) is 22.8 Å². The molecule has 0 aromatic rings. The summed E-state index contributed by atoms with van der Waals surface area (Å²) >= 11 is -0.357. The molecule has 1 saturated carbocycles. The summed E-state index contributed by atoms with van der Waals surface area (Å²) in [7, 11) is -3.36. The molecule has 1 heterocycles. The highest BCUT2D eigenvalue weighted by atomic mass is 32.3. The SMILES string of the molecule is O=C(CCCCCS(=O)(=O)O[S+]1CCCC1)C1CCCCC1. The smallest absolute Gasteiger partial charge is 0.299 e. The Morgan fingerprint density at radius 3 is 2.32 bits per heavy atom. The molecule has 4 nitrogen and oxygen atoms in total. The van der Waals surface area contributed by atoms with E-state index in [1.54, 1.807) is 0 Å². The van der Waals surface area contributed by atoms with Gasteiger partial charge in [-0.05, 0) is 42.2 Å². The van der Waals surface area contributed by atoms with Crippen LogP contribution in [-0.4, -0.2) is 31.5 Å². The number of hydrogen-bond donors (Lipinski definition) is 0. The minimum absolute atomic E-state index is 0.105. The third-order valence-corrected chi connectivity index (χ3v) is 8.45. The van der Waals surface area contributed by atoms with Crippen LogP contribution >= 0.6 is 0 Å². The first-order valence-corrected chi connectivity index (χ1v) is 11.8. The molecule has 0 radical (unpaired) electrons. The second-order valence-corrected chi connectivity index (χ2v) is 10.3. The molecule has 1 aliphatic carbocycles. The lowest BCUT2D eigenvalue weighted by Crippen LogP contribution is -2.18. The molecule has 0 aromatic carbocycles. The van der Waals surface area contributed by atoms with E-state index in [9.17, 15) is 13.2 Å². The van der Waals surface area contributed by atoms with Crippen LogP contribution in [0.25, 0.3) is 0 Å². The predicted octanol–water partition coefficient (Wildman–Crippen LogP) is 3.37. The van der Waals surface area contributed by atoms with Gasteiger partial charge in [-0.1, -0.05) is 25.7 Å². The number of hydrogen-bond acceptors (Lipinski definition) is 4. The fourth-order valence-electron chi connectivity index (χ4n) is 3.26. The third-order valence-electron chi connectivity index (χ3n) is 4.57. The van der Waals surface area contributed by atoms with Crippen molar-refractivity contribution in [1.82, 2.24) is 0 Å². The van der Waals surface area contributed by atoms with Gasteiger partial charge in [0.15, 0.2) is 11.2 Å². The molecule has 0 bridgehead atoms. The third kappa shape index (κ3) is 6.59. The van der Waals surface area contributed by atoms with E-state index in [0.717, 1.165) is 50.0 Å². The summed E-state index contributed by atoms with van der Waals surface area (Å²) in [6.45, 7) is 0. The van der Waals surface area contributed by atoms with Crippen LogP contribution in [-0.2, 0) is 29.7 Å². The fourth-order valence-corrected chi connectivity index (χ4v) is 7.06. The van der Waals surface area contributed by atoms with Crippen LogP contribution < -0.4 is 0 Å². The first-order valence-electron chi connectivity index (χ1n) is 8.70. The lowest BCUT2D eigenvalue weighted by molar-refractivity contribution is -0.123. The molecule has 128 valence electrons. The summed E-state index contributed by atoms with van der Waals surface area (Å²) in [6, 6.07) is 0. The van der Waals surface area contributed by atoms with Crippen LogP contribution in [0.5, 0.6) is 0 Å². The highest BCUT2D eigenvalue weighted by molar-refractivity contribution is 8.02. The molecule has 0 unspecified atom stereocenters. The van der Waals surface area contributed by atoms with Gasteiger partial charge in [0.2, 0.25) is 0 Å². The second kappa shape index (κ2) is 9.28. The number of rotatable bonds is 9. The average molecular weight is 350 g/mol. The molecular weight excluding hydrogens is 320 g/mol. The van der Waals surface area contributed by atoms with Crippen molar-refractivity contribution in [3.05, 3.63) is 0 Å². The van der Waals surface area contributed by atoms with Gasteiger partial charge in [0, 0.05) is 12.3 Å². The largest absolute Gasteiger partial charge is 0.311 e. The van der Waals surface area contributed by atoms with Crippen LogP contribution in [0.3, 0.4) is 0 Å². The van der Waals surface area contributed by atoms with E-state index in [1.165, 1.54) is 19.3 Å². The molecule has 0 spiro atoms. The van der Waals surface area contributed by atoms with Crippen molar-refractivity contribution < 1.29 is 16.8 Å². The van der Waals surface area contributed by atoms with Crippen molar-refractivity contribution >= 4 is 27.1 Å². The highest BCUT2D eigenvalue weighted by Crippen LogP contribution is 2.26. The first kappa shape index (κ1) is 18.3. The van der Waals surface area contributed by atoms with E-state index >= 15 is 0 Å². The van der Waals surface area contributed by atoms with E-state index in [2.05, 4.69) is 0 Å². The minimum Gasteiger partial charge on any atom is -0.299 e. The van der Waals surface area contributed by atoms with Gasteiger partial charge in [0.1, 0.15) is 17.3 Å². The zero-order valence-electron chi connectivity index (χ0n) is 13.4. The maximum absolute atomic E-state index is 12.0. The highest BCUT2D eigenvalue weighted by Gasteiger charge is 2.32. The number of carbonyl (C=O) groups excluding carboxylic acids is 1. The van der Waals surface area contributed by atoms with Crippen molar-refractivity contribution in [3.8, 4) is 0 Å². The van der Waals surface area contributed by atoms with Crippen molar-refractivity contribution in [1.29, 1.82) is 0 Å². The van der Waals surface area contributed by atoms with Crippen LogP contribution in [0.1, 0.15) is 70.6 Å². The Balaban J connectivity index is 1.55. The van der Waals surface area contributed by atoms with E-state index in [1.807, 2.05) is 0 Å². The minimum atomic E-state index is -3.36. The molecule has 2 fully saturated rings. The molecule has 2 aliphatic rings. The first-order chi connectivity index (χ1) is 10.6. The molecule has 1 saturated heterocycles. The topological polar surface area (TPSA) is 60.4 Å². The maximum atomic E-state index is 12.0. The van der Waals surface area contributed by atoms with Crippen LogP contribution in [0, 0.1) is 5.92 Å². The van der Waals surface area contributed by atoms with Gasteiger partial charge in [-0.15, -0.1) is 0 Å². The summed E-state index contributed by atoms with van der Waals surface area (Å²) in [5.74, 6) is 2.58. The molecule has 0 atom stereocenters. The fraction of sp³-hybridized carbons (Fsp3) is 0.938. The van der Waals surface area contributed by atoms with Crippen LogP contribution in [0.4, 0.5) is 0 Å².